The molecule has 11 rings (SSSR count). The number of rotatable bonds is 9. The highest BCUT2D eigenvalue weighted by atomic mass is 32.1. The number of hydrogen-bond donors (Lipinski definition) is 0. The molecule has 0 atom stereocenters. The Hall–Kier alpha value is -7.00. The molecule has 9 aromatic carbocycles. The highest BCUT2D eigenvalue weighted by molar-refractivity contribution is 7.25. The topological polar surface area (TPSA) is 3.24 Å². The standard InChI is InChI=1S/C59H45NS/c1-40-13-8-9-20-51(40)52-36-29-47(37-54(52)45-18-12-19-45)55-38-57-53-21-10-11-22-58(53)61-59(57)39-56(55)46-27-34-50(35-28-46)60(48-30-23-43(24-31-48)41-14-4-2-5-15-41)49-32-25-44(26-33-49)42-16-6-3-7-17-42/h2-11,13-17,20-39,45H,12,18-19H2,1H3. The maximum atomic E-state index is 2.53. The molecule has 0 unspecified atom stereocenters. The molecule has 1 heterocycles. The van der Waals surface area contributed by atoms with Crippen molar-refractivity contribution in [3.05, 3.63) is 223 Å². The Morgan fingerprint density at radius 1 is 0.377 bits per heavy atom. The quantitative estimate of drug-likeness (QED) is 0.141. The molecule has 0 saturated heterocycles. The molecule has 0 amide bonds. The van der Waals surface area contributed by atoms with Crippen molar-refractivity contribution in [1.82, 2.24) is 0 Å². The normalized spacial score (nSPS) is 12.7. The minimum Gasteiger partial charge on any atom is -0.311 e. The summed E-state index contributed by atoms with van der Waals surface area (Å²) in [7, 11) is 0. The summed E-state index contributed by atoms with van der Waals surface area (Å²) in [5, 5.41) is 2.65. The van der Waals surface area contributed by atoms with Crippen LogP contribution in [0, 0.1) is 6.92 Å². The third kappa shape index (κ3) is 7.03. The molecule has 0 radical (unpaired) electrons. The van der Waals surface area contributed by atoms with E-state index in [2.05, 4.69) is 224 Å². The Kier molecular flexibility index (Phi) is 9.64. The molecule has 0 spiro atoms. The van der Waals surface area contributed by atoms with Crippen molar-refractivity contribution in [2.75, 3.05) is 4.90 Å². The lowest BCUT2D eigenvalue weighted by Gasteiger charge is -2.29. The zero-order valence-corrected chi connectivity index (χ0v) is 35.1. The fourth-order valence-electron chi connectivity index (χ4n) is 9.26. The van der Waals surface area contributed by atoms with Gasteiger partial charge >= 0.3 is 0 Å². The zero-order chi connectivity index (χ0) is 40.7. The van der Waals surface area contributed by atoms with Crippen molar-refractivity contribution in [2.24, 2.45) is 0 Å². The molecule has 10 aromatic rings. The lowest BCUT2D eigenvalue weighted by molar-refractivity contribution is 0.420. The molecule has 2 heteroatoms. The third-order valence-corrected chi connectivity index (χ3v) is 13.9. The number of fused-ring (bicyclic) bond motifs is 3. The van der Waals surface area contributed by atoms with E-state index >= 15 is 0 Å². The van der Waals surface area contributed by atoms with Crippen molar-refractivity contribution < 1.29 is 0 Å². The van der Waals surface area contributed by atoms with Crippen LogP contribution in [0.4, 0.5) is 17.1 Å². The molecule has 0 aliphatic heterocycles. The number of benzene rings is 9. The summed E-state index contributed by atoms with van der Waals surface area (Å²) in [5.74, 6) is 0.595. The molecule has 1 saturated carbocycles. The van der Waals surface area contributed by atoms with Crippen molar-refractivity contribution in [2.45, 2.75) is 32.1 Å². The van der Waals surface area contributed by atoms with E-state index in [0.717, 1.165) is 17.1 Å². The van der Waals surface area contributed by atoms with E-state index in [1.807, 2.05) is 11.3 Å². The predicted octanol–water partition coefficient (Wildman–Crippen LogP) is 17.4. The molecule has 0 bridgehead atoms. The van der Waals surface area contributed by atoms with E-state index in [4.69, 9.17) is 0 Å². The lowest BCUT2D eigenvalue weighted by atomic mass is 9.75. The minimum absolute atomic E-state index is 0.595. The van der Waals surface area contributed by atoms with Crippen LogP contribution < -0.4 is 4.90 Å². The van der Waals surface area contributed by atoms with E-state index in [9.17, 15) is 0 Å². The second-order valence-electron chi connectivity index (χ2n) is 16.4. The molecule has 1 fully saturated rings. The summed E-state index contributed by atoms with van der Waals surface area (Å²) in [6.07, 6.45) is 3.81. The van der Waals surface area contributed by atoms with E-state index in [0.29, 0.717) is 5.92 Å². The summed E-state index contributed by atoms with van der Waals surface area (Å²) < 4.78 is 2.65. The van der Waals surface area contributed by atoms with Gasteiger partial charge in [0.25, 0.3) is 0 Å². The van der Waals surface area contributed by atoms with Crippen LogP contribution in [0.25, 0.3) is 75.8 Å². The van der Waals surface area contributed by atoms with Gasteiger partial charge < -0.3 is 4.90 Å². The van der Waals surface area contributed by atoms with Gasteiger partial charge in [0, 0.05) is 37.2 Å². The number of hydrogen-bond acceptors (Lipinski definition) is 2. The van der Waals surface area contributed by atoms with E-state index in [-0.39, 0.29) is 0 Å². The maximum absolute atomic E-state index is 2.53. The highest BCUT2D eigenvalue weighted by Crippen LogP contribution is 2.47. The fraction of sp³-hybridized carbons (Fsp3) is 0.0847. The van der Waals surface area contributed by atoms with Gasteiger partial charge in [-0.25, -0.2) is 0 Å². The van der Waals surface area contributed by atoms with Crippen LogP contribution >= 0.6 is 11.3 Å². The molecule has 1 aromatic heterocycles. The Morgan fingerprint density at radius 3 is 1.48 bits per heavy atom. The van der Waals surface area contributed by atoms with Crippen molar-refractivity contribution in [1.29, 1.82) is 0 Å². The van der Waals surface area contributed by atoms with Gasteiger partial charge in [0.15, 0.2) is 0 Å². The van der Waals surface area contributed by atoms with Crippen molar-refractivity contribution in [3.8, 4) is 55.6 Å². The highest BCUT2D eigenvalue weighted by Gasteiger charge is 2.25. The first kappa shape index (κ1) is 37.0. The molecule has 1 nitrogen and oxygen atoms in total. The van der Waals surface area contributed by atoms with Gasteiger partial charge in [-0.1, -0.05) is 164 Å². The Balaban J connectivity index is 1.03. The van der Waals surface area contributed by atoms with Gasteiger partial charge in [0.05, 0.1) is 0 Å². The third-order valence-electron chi connectivity index (χ3n) is 12.8. The van der Waals surface area contributed by atoms with Gasteiger partial charge in [0.2, 0.25) is 0 Å². The smallest absolute Gasteiger partial charge is 0.0462 e. The van der Waals surface area contributed by atoms with Gasteiger partial charge in [-0.3, -0.25) is 0 Å². The van der Waals surface area contributed by atoms with Crippen LogP contribution in [-0.2, 0) is 0 Å². The molecular formula is C59H45NS. The van der Waals surface area contributed by atoms with Crippen LogP contribution in [0.5, 0.6) is 0 Å². The van der Waals surface area contributed by atoms with Crippen molar-refractivity contribution in [3.63, 3.8) is 0 Å². The average Bonchev–Trinajstić information content (AvgIpc) is 3.67. The molecule has 1 aliphatic carbocycles. The molecule has 61 heavy (non-hydrogen) atoms. The van der Waals surface area contributed by atoms with Gasteiger partial charge in [0.1, 0.15) is 0 Å². The molecule has 0 N–H and O–H groups in total. The Morgan fingerprint density at radius 2 is 0.885 bits per heavy atom. The minimum atomic E-state index is 0.595. The summed E-state index contributed by atoms with van der Waals surface area (Å²) in [4.78, 5) is 2.37. The van der Waals surface area contributed by atoms with E-state index < -0.39 is 0 Å². The monoisotopic (exact) mass is 799 g/mol. The van der Waals surface area contributed by atoms with Crippen LogP contribution in [-0.4, -0.2) is 0 Å². The Bertz CT molecular complexity index is 3060. The van der Waals surface area contributed by atoms with E-state index in [1.165, 1.54) is 106 Å². The summed E-state index contributed by atoms with van der Waals surface area (Å²) in [6.45, 7) is 2.24. The van der Waals surface area contributed by atoms with Crippen LogP contribution in [0.3, 0.4) is 0 Å². The first-order chi connectivity index (χ1) is 30.1. The second kappa shape index (κ2) is 15.9. The fourth-order valence-corrected chi connectivity index (χ4v) is 10.4. The molecule has 292 valence electrons. The SMILES string of the molecule is Cc1ccccc1-c1ccc(-c2cc3c(cc2-c2ccc(N(c4ccc(-c5ccccc5)cc4)c4ccc(-c5ccccc5)cc4)cc2)sc2ccccc23)cc1C1CCC1. The number of aryl methyl sites for hydroxylation is 1. The summed E-state index contributed by atoms with van der Waals surface area (Å²) in [6, 6.07) is 78.3. The summed E-state index contributed by atoms with van der Waals surface area (Å²) in [5.41, 5.74) is 18.8. The first-order valence-corrected chi connectivity index (χ1v) is 22.3. The largest absolute Gasteiger partial charge is 0.311 e. The van der Waals surface area contributed by atoms with Crippen LogP contribution in [0.2, 0.25) is 0 Å². The first-order valence-electron chi connectivity index (χ1n) is 21.5. The van der Waals surface area contributed by atoms with Gasteiger partial charge in [-0.05, 0) is 147 Å². The second-order valence-corrected chi connectivity index (χ2v) is 17.5. The zero-order valence-electron chi connectivity index (χ0n) is 34.3. The summed E-state index contributed by atoms with van der Waals surface area (Å²) >= 11 is 1.89. The van der Waals surface area contributed by atoms with E-state index in [1.54, 1.807) is 0 Å². The maximum Gasteiger partial charge on any atom is 0.0462 e. The molecule has 1 aliphatic rings. The Labute approximate surface area is 362 Å². The number of thiophene rings is 1. The van der Waals surface area contributed by atoms with Gasteiger partial charge in [-0.15, -0.1) is 11.3 Å². The average molecular weight is 800 g/mol. The number of nitrogens with zero attached hydrogens (tertiary/aromatic N) is 1. The molecular weight excluding hydrogens is 755 g/mol. The van der Waals surface area contributed by atoms with Crippen LogP contribution in [0.1, 0.15) is 36.3 Å². The predicted molar refractivity (Wildman–Crippen MR) is 263 cm³/mol. The lowest BCUT2D eigenvalue weighted by Crippen LogP contribution is -2.10. The van der Waals surface area contributed by atoms with Crippen LogP contribution in [0.15, 0.2) is 212 Å². The van der Waals surface area contributed by atoms with Gasteiger partial charge in [-0.2, -0.15) is 0 Å². The van der Waals surface area contributed by atoms with Crippen molar-refractivity contribution >= 4 is 48.6 Å². The number of anilines is 3.